The number of aromatic nitrogens is 1. The highest BCUT2D eigenvalue weighted by atomic mass is 32.2. The van der Waals surface area contributed by atoms with Gasteiger partial charge in [0, 0.05) is 16.8 Å². The van der Waals surface area contributed by atoms with E-state index in [1.54, 1.807) is 12.1 Å². The summed E-state index contributed by atoms with van der Waals surface area (Å²) in [6, 6.07) is 4.68. The molecule has 0 aliphatic heterocycles. The van der Waals surface area contributed by atoms with E-state index in [2.05, 4.69) is 4.98 Å². The van der Waals surface area contributed by atoms with Gasteiger partial charge in [-0.25, -0.2) is 9.37 Å². The molecule has 0 amide bonds. The van der Waals surface area contributed by atoms with Crippen molar-refractivity contribution in [1.29, 1.82) is 0 Å². The molecule has 0 bridgehead atoms. The molecule has 0 unspecified atom stereocenters. The Bertz CT molecular complexity index is 482. The minimum Gasteiger partial charge on any atom is -0.399 e. The quantitative estimate of drug-likeness (QED) is 0.818. The molecule has 2 nitrogen and oxygen atoms in total. The first kappa shape index (κ1) is 10.4. The van der Waals surface area contributed by atoms with Crippen molar-refractivity contribution >= 4 is 28.8 Å². The van der Waals surface area contributed by atoms with Crippen molar-refractivity contribution in [2.75, 3.05) is 5.73 Å². The summed E-state index contributed by atoms with van der Waals surface area (Å²) >= 11 is 2.83. The molecule has 2 rings (SSSR count). The lowest BCUT2D eigenvalue weighted by molar-refractivity contribution is 0.602. The molecular weight excluding hydrogens is 231 g/mol. The summed E-state index contributed by atoms with van der Waals surface area (Å²) in [6.07, 6.45) is 0. The number of benzene rings is 1. The highest BCUT2D eigenvalue weighted by Crippen LogP contribution is 2.32. The summed E-state index contributed by atoms with van der Waals surface area (Å²) in [5, 5.41) is 1.94. The maximum absolute atomic E-state index is 13.4. The van der Waals surface area contributed by atoms with Gasteiger partial charge in [0.25, 0.3) is 0 Å². The Morgan fingerprint density at radius 2 is 2.27 bits per heavy atom. The molecule has 78 valence electrons. The first-order valence-corrected chi connectivity index (χ1v) is 6.00. The fourth-order valence-electron chi connectivity index (χ4n) is 1.07. The number of nitrogens with zero attached hydrogens (tertiary/aromatic N) is 1. The molecular formula is C10H9FN2S2. The third kappa shape index (κ3) is 2.49. The molecule has 0 saturated carbocycles. The molecule has 0 aliphatic carbocycles. The van der Waals surface area contributed by atoms with E-state index in [4.69, 9.17) is 5.73 Å². The predicted octanol–water partition coefficient (Wildman–Crippen LogP) is 3.32. The predicted molar refractivity (Wildman–Crippen MR) is 61.8 cm³/mol. The second-order valence-electron chi connectivity index (χ2n) is 3.05. The van der Waals surface area contributed by atoms with Crippen LogP contribution >= 0.6 is 23.1 Å². The van der Waals surface area contributed by atoms with Crippen molar-refractivity contribution < 1.29 is 4.39 Å². The molecule has 0 aliphatic rings. The van der Waals surface area contributed by atoms with Crippen LogP contribution in [0.5, 0.6) is 0 Å². The Kier molecular flexibility index (Phi) is 2.93. The lowest BCUT2D eigenvalue weighted by Crippen LogP contribution is -1.87. The summed E-state index contributed by atoms with van der Waals surface area (Å²) in [4.78, 5) is 4.81. The zero-order valence-electron chi connectivity index (χ0n) is 8.03. The number of hydrogen-bond acceptors (Lipinski definition) is 4. The molecule has 0 radical (unpaired) electrons. The SMILES string of the molecule is Cc1csc(Sc2ccc(N)cc2F)n1. The Hall–Kier alpha value is -1.07. The first-order chi connectivity index (χ1) is 7.15. The van der Waals surface area contributed by atoms with Crippen molar-refractivity contribution in [3.05, 3.63) is 35.1 Å². The van der Waals surface area contributed by atoms with Crippen LogP contribution in [0.3, 0.4) is 0 Å². The van der Waals surface area contributed by atoms with Crippen molar-refractivity contribution in [2.24, 2.45) is 0 Å². The van der Waals surface area contributed by atoms with Gasteiger partial charge < -0.3 is 5.73 Å². The van der Waals surface area contributed by atoms with Crippen LogP contribution in [0.1, 0.15) is 5.69 Å². The Labute approximate surface area is 95.3 Å². The van der Waals surface area contributed by atoms with Gasteiger partial charge in [-0.3, -0.25) is 0 Å². The average molecular weight is 240 g/mol. The van der Waals surface area contributed by atoms with Gasteiger partial charge in [0.1, 0.15) is 5.82 Å². The summed E-state index contributed by atoms with van der Waals surface area (Å²) in [6.45, 7) is 1.92. The van der Waals surface area contributed by atoms with Gasteiger partial charge in [0.05, 0.1) is 4.90 Å². The molecule has 15 heavy (non-hydrogen) atoms. The number of hydrogen-bond donors (Lipinski definition) is 1. The van der Waals surface area contributed by atoms with Gasteiger partial charge in [-0.15, -0.1) is 11.3 Å². The zero-order valence-corrected chi connectivity index (χ0v) is 9.66. The molecule has 0 fully saturated rings. The van der Waals surface area contributed by atoms with Crippen molar-refractivity contribution in [2.45, 2.75) is 16.2 Å². The number of thiazole rings is 1. The van der Waals surface area contributed by atoms with Crippen LogP contribution in [0.25, 0.3) is 0 Å². The van der Waals surface area contributed by atoms with Gasteiger partial charge in [-0.05, 0) is 25.1 Å². The van der Waals surface area contributed by atoms with Crippen LogP contribution in [0.4, 0.5) is 10.1 Å². The summed E-state index contributed by atoms with van der Waals surface area (Å²) in [5.74, 6) is -0.298. The number of aryl methyl sites for hydroxylation is 1. The monoisotopic (exact) mass is 240 g/mol. The van der Waals surface area contributed by atoms with E-state index in [0.717, 1.165) is 10.0 Å². The molecule has 2 N–H and O–H groups in total. The third-order valence-corrected chi connectivity index (χ3v) is 3.86. The zero-order chi connectivity index (χ0) is 10.8. The molecule has 2 aromatic rings. The smallest absolute Gasteiger partial charge is 0.154 e. The van der Waals surface area contributed by atoms with Gasteiger partial charge in [0.15, 0.2) is 4.34 Å². The topological polar surface area (TPSA) is 38.9 Å². The minimum absolute atomic E-state index is 0.298. The van der Waals surface area contributed by atoms with Crippen LogP contribution in [-0.4, -0.2) is 4.98 Å². The summed E-state index contributed by atoms with van der Waals surface area (Å²) in [7, 11) is 0. The normalized spacial score (nSPS) is 10.5. The maximum atomic E-state index is 13.4. The van der Waals surface area contributed by atoms with Crippen LogP contribution in [0.15, 0.2) is 32.8 Å². The Morgan fingerprint density at radius 3 is 2.87 bits per heavy atom. The lowest BCUT2D eigenvalue weighted by atomic mass is 10.3. The second-order valence-corrected chi connectivity index (χ2v) is 5.19. The minimum atomic E-state index is -0.298. The van der Waals surface area contributed by atoms with Gasteiger partial charge in [-0.1, -0.05) is 11.8 Å². The highest BCUT2D eigenvalue weighted by Gasteiger charge is 2.06. The fraction of sp³-hybridized carbons (Fsp3) is 0.100. The second kappa shape index (κ2) is 4.20. The highest BCUT2D eigenvalue weighted by molar-refractivity contribution is 8.01. The molecule has 0 saturated heterocycles. The number of rotatable bonds is 2. The number of halogens is 1. The van der Waals surface area contributed by atoms with Crippen LogP contribution in [0.2, 0.25) is 0 Å². The van der Waals surface area contributed by atoms with E-state index in [-0.39, 0.29) is 5.82 Å². The number of nitrogens with two attached hydrogens (primary N) is 1. The Balaban J connectivity index is 2.24. The molecule has 5 heteroatoms. The molecule has 0 atom stereocenters. The van der Waals surface area contributed by atoms with E-state index in [1.165, 1.54) is 29.2 Å². The van der Waals surface area contributed by atoms with Crippen LogP contribution in [-0.2, 0) is 0 Å². The van der Waals surface area contributed by atoms with E-state index in [0.29, 0.717) is 10.6 Å². The average Bonchev–Trinajstić information content (AvgIpc) is 2.56. The molecule has 0 spiro atoms. The maximum Gasteiger partial charge on any atom is 0.154 e. The van der Waals surface area contributed by atoms with E-state index in [1.807, 2.05) is 12.3 Å². The number of nitrogen functional groups attached to an aromatic ring is 1. The van der Waals surface area contributed by atoms with Crippen molar-refractivity contribution in [3.8, 4) is 0 Å². The number of anilines is 1. The van der Waals surface area contributed by atoms with Gasteiger partial charge >= 0.3 is 0 Å². The van der Waals surface area contributed by atoms with Gasteiger partial charge in [-0.2, -0.15) is 0 Å². The standard InChI is InChI=1S/C10H9FN2S2/c1-6-5-14-10(13-6)15-9-3-2-7(12)4-8(9)11/h2-5H,12H2,1H3. The van der Waals surface area contributed by atoms with Crippen molar-refractivity contribution in [1.82, 2.24) is 4.98 Å². The summed E-state index contributed by atoms with van der Waals surface area (Å²) in [5.41, 5.74) is 6.86. The first-order valence-electron chi connectivity index (χ1n) is 4.30. The molecule has 1 aromatic heterocycles. The van der Waals surface area contributed by atoms with E-state index in [9.17, 15) is 4.39 Å². The van der Waals surface area contributed by atoms with Crippen LogP contribution in [0, 0.1) is 12.7 Å². The summed E-state index contributed by atoms with van der Waals surface area (Å²) < 4.78 is 14.3. The van der Waals surface area contributed by atoms with Gasteiger partial charge in [0.2, 0.25) is 0 Å². The molecule has 1 aromatic carbocycles. The van der Waals surface area contributed by atoms with Crippen molar-refractivity contribution in [3.63, 3.8) is 0 Å². The third-order valence-electron chi connectivity index (χ3n) is 1.75. The Morgan fingerprint density at radius 1 is 1.47 bits per heavy atom. The van der Waals surface area contributed by atoms with E-state index < -0.39 is 0 Å². The van der Waals surface area contributed by atoms with Crippen LogP contribution < -0.4 is 5.73 Å². The van der Waals surface area contributed by atoms with E-state index >= 15 is 0 Å². The molecule has 1 heterocycles. The lowest BCUT2D eigenvalue weighted by Gasteiger charge is -2.00. The largest absolute Gasteiger partial charge is 0.399 e. The fourth-order valence-corrected chi connectivity index (χ4v) is 2.87.